The summed E-state index contributed by atoms with van der Waals surface area (Å²) in [5, 5.41) is 11.7. The summed E-state index contributed by atoms with van der Waals surface area (Å²) in [6, 6.07) is 6.24. The van der Waals surface area contributed by atoms with Crippen molar-refractivity contribution in [3.63, 3.8) is 0 Å². The maximum Gasteiger partial charge on any atom is 0.335 e. The number of benzene rings is 1. The van der Waals surface area contributed by atoms with Gasteiger partial charge in [-0.1, -0.05) is 26.0 Å². The molecule has 37 heavy (non-hydrogen) atoms. The monoisotopic (exact) mass is 517 g/mol. The van der Waals surface area contributed by atoms with Crippen molar-refractivity contribution >= 4 is 17.8 Å². The fourth-order valence-electron chi connectivity index (χ4n) is 6.46. The Morgan fingerprint density at radius 2 is 1.81 bits per heavy atom. The van der Waals surface area contributed by atoms with Gasteiger partial charge in [-0.05, 0) is 55.7 Å². The van der Waals surface area contributed by atoms with Crippen LogP contribution in [0.5, 0.6) is 0 Å². The maximum absolute atomic E-state index is 12.7. The molecule has 1 aromatic rings. The molecule has 1 aromatic carbocycles. The third kappa shape index (κ3) is 4.87. The Labute approximate surface area is 215 Å². The molecule has 10 nitrogen and oxygen atoms in total. The molecule has 2 bridgehead atoms. The van der Waals surface area contributed by atoms with E-state index in [0.717, 1.165) is 24.8 Å². The Bertz CT molecular complexity index is 1040. The van der Waals surface area contributed by atoms with E-state index in [9.17, 15) is 14.4 Å². The number of rotatable bonds is 7. The Balaban J connectivity index is 1.16. The number of fused-ring (bicyclic) bond motifs is 2. The molecular weight excluding hydrogens is 482 g/mol. The van der Waals surface area contributed by atoms with Crippen molar-refractivity contribution in [1.29, 1.82) is 0 Å². The average Bonchev–Trinajstić information content (AvgIpc) is 3.10. The average molecular weight is 518 g/mol. The largest absolute Gasteiger partial charge is 0.478 e. The van der Waals surface area contributed by atoms with Gasteiger partial charge in [0.25, 0.3) is 0 Å². The van der Waals surface area contributed by atoms with Crippen LogP contribution in [0.15, 0.2) is 24.3 Å². The van der Waals surface area contributed by atoms with Gasteiger partial charge in [-0.3, -0.25) is 9.59 Å². The van der Waals surface area contributed by atoms with Crippen molar-refractivity contribution in [3.8, 4) is 0 Å². The molecule has 5 aliphatic rings. The second-order valence-corrected chi connectivity index (χ2v) is 11.0. The number of carbonyl (C=O) groups is 3. The predicted molar refractivity (Wildman–Crippen MR) is 127 cm³/mol. The molecule has 1 saturated carbocycles. The highest BCUT2D eigenvalue weighted by Gasteiger charge is 2.69. The van der Waals surface area contributed by atoms with E-state index in [1.165, 1.54) is 12.1 Å². The molecule has 5 fully saturated rings. The summed E-state index contributed by atoms with van der Waals surface area (Å²) in [6.45, 7) is 6.33. The number of carboxylic acids is 1. The summed E-state index contributed by atoms with van der Waals surface area (Å²) in [7, 11) is 0. The lowest BCUT2D eigenvalue weighted by molar-refractivity contribution is -0.576. The van der Waals surface area contributed by atoms with Gasteiger partial charge in [-0.25, -0.2) is 14.6 Å². The molecule has 2 N–H and O–H groups in total. The Kier molecular flexibility index (Phi) is 7.04. The van der Waals surface area contributed by atoms with Gasteiger partial charge in [0.05, 0.1) is 12.0 Å². The summed E-state index contributed by atoms with van der Waals surface area (Å²) in [6.07, 6.45) is 1.95. The lowest BCUT2D eigenvalue weighted by Gasteiger charge is -2.59. The minimum absolute atomic E-state index is 0.0327. The number of esters is 1. The molecule has 0 radical (unpaired) electrons. The van der Waals surface area contributed by atoms with Crippen molar-refractivity contribution in [3.05, 3.63) is 35.4 Å². The van der Waals surface area contributed by atoms with Gasteiger partial charge >= 0.3 is 11.9 Å². The molecule has 1 aliphatic carbocycles. The molecule has 4 aliphatic heterocycles. The van der Waals surface area contributed by atoms with Crippen molar-refractivity contribution in [1.82, 2.24) is 5.32 Å². The Morgan fingerprint density at radius 1 is 1.05 bits per heavy atom. The number of carbonyl (C=O) groups excluding carboxylic acids is 2. The van der Waals surface area contributed by atoms with Gasteiger partial charge in [0.2, 0.25) is 18.0 Å². The number of carboxylic acid groups (broad SMARTS) is 1. The minimum atomic E-state index is -1.01. The van der Waals surface area contributed by atoms with Gasteiger partial charge in [0, 0.05) is 31.2 Å². The van der Waals surface area contributed by atoms with Crippen LogP contribution in [0.2, 0.25) is 0 Å². The second kappa shape index (κ2) is 9.98. The third-order valence-corrected chi connectivity index (χ3v) is 8.59. The summed E-state index contributed by atoms with van der Waals surface area (Å²) >= 11 is 0. The van der Waals surface area contributed by atoms with E-state index in [-0.39, 0.29) is 48.6 Å². The zero-order valence-electron chi connectivity index (χ0n) is 21.4. The number of hydrogen-bond donors (Lipinski definition) is 2. The quantitative estimate of drug-likeness (QED) is 0.412. The van der Waals surface area contributed by atoms with Crippen molar-refractivity contribution in [2.45, 2.75) is 89.8 Å². The van der Waals surface area contributed by atoms with Crippen LogP contribution in [-0.4, -0.2) is 46.9 Å². The fraction of sp³-hybridized carbons (Fsp3) is 0.667. The Morgan fingerprint density at radius 3 is 2.54 bits per heavy atom. The first kappa shape index (κ1) is 26.1. The molecule has 4 heterocycles. The van der Waals surface area contributed by atoms with Crippen LogP contribution in [-0.2, 0) is 40.1 Å². The highest BCUT2D eigenvalue weighted by molar-refractivity contribution is 5.87. The molecule has 0 unspecified atom stereocenters. The number of nitrogens with one attached hydrogen (secondary N) is 1. The smallest absolute Gasteiger partial charge is 0.335 e. The molecule has 4 saturated heterocycles. The van der Waals surface area contributed by atoms with Gasteiger partial charge < -0.3 is 24.6 Å². The topological polar surface area (TPSA) is 130 Å². The fourth-order valence-corrected chi connectivity index (χ4v) is 6.46. The second-order valence-electron chi connectivity index (χ2n) is 11.0. The van der Waals surface area contributed by atoms with Crippen LogP contribution < -0.4 is 5.32 Å². The van der Waals surface area contributed by atoms with Crippen LogP contribution >= 0.6 is 0 Å². The van der Waals surface area contributed by atoms with E-state index in [1.807, 2.05) is 13.8 Å². The van der Waals surface area contributed by atoms with E-state index < -0.39 is 35.9 Å². The van der Waals surface area contributed by atoms with Gasteiger partial charge in [-0.15, -0.1) is 0 Å². The molecule has 1 spiro atoms. The van der Waals surface area contributed by atoms with Gasteiger partial charge in [0.1, 0.15) is 0 Å². The lowest BCUT2D eigenvalue weighted by Crippen LogP contribution is -2.70. The lowest BCUT2D eigenvalue weighted by atomic mass is 9.58. The summed E-state index contributed by atoms with van der Waals surface area (Å²) in [4.78, 5) is 47.8. The predicted octanol–water partition coefficient (Wildman–Crippen LogP) is 3.53. The summed E-state index contributed by atoms with van der Waals surface area (Å²) < 4.78 is 18.3. The minimum Gasteiger partial charge on any atom is -0.478 e. The van der Waals surface area contributed by atoms with Crippen molar-refractivity contribution in [2.75, 3.05) is 0 Å². The van der Waals surface area contributed by atoms with Crippen LogP contribution in [0.4, 0.5) is 0 Å². The van der Waals surface area contributed by atoms with Crippen molar-refractivity contribution < 1.29 is 43.5 Å². The van der Waals surface area contributed by atoms with Crippen molar-refractivity contribution in [2.24, 2.45) is 23.7 Å². The van der Waals surface area contributed by atoms with Gasteiger partial charge in [-0.2, -0.15) is 0 Å². The summed E-state index contributed by atoms with van der Waals surface area (Å²) in [5.41, 5.74) is 0.215. The molecule has 202 valence electrons. The summed E-state index contributed by atoms with van der Waals surface area (Å²) in [5.74, 6) is -2.15. The zero-order valence-corrected chi connectivity index (χ0v) is 21.4. The third-order valence-electron chi connectivity index (χ3n) is 8.59. The maximum atomic E-state index is 12.7. The standard InChI is InChI=1S/C27H35NO9/c1-15-4-9-20-16(2)24(34-25-27(20)19(15)12-13-26(3,35-25)36-37-27)33-22(30)11-10-21(29)28-14-17-5-7-18(8-6-17)23(31)32/h5-8,15-16,19-20,24-25H,4,9-14H2,1-3H3,(H,28,29)(H,31,32)/t15-,16-,19+,20+,24-,25-,26-,27-/m1/s1. The van der Waals surface area contributed by atoms with E-state index >= 15 is 0 Å². The van der Waals surface area contributed by atoms with Crippen LogP contribution in [0, 0.1) is 23.7 Å². The SMILES string of the molecule is C[C@H]1[C@H](OC(=O)CCC(=O)NCc2ccc(C(=O)O)cc2)O[C@@H]2O[C@@]3(C)CC[C@H]4[C@H](C)CC[C@@H]1[C@@]24OO3. The molecule has 0 aromatic heterocycles. The molecule has 8 atom stereocenters. The highest BCUT2D eigenvalue weighted by Crippen LogP contribution is 2.60. The number of amides is 1. The van der Waals surface area contributed by atoms with Crippen LogP contribution in [0.1, 0.15) is 75.2 Å². The molecule has 6 rings (SSSR count). The number of hydrogen-bond acceptors (Lipinski definition) is 8. The van der Waals surface area contributed by atoms with Gasteiger partial charge in [0.15, 0.2) is 11.9 Å². The molecule has 10 heteroatoms. The first-order valence-electron chi connectivity index (χ1n) is 13.1. The first-order chi connectivity index (χ1) is 17.6. The van der Waals surface area contributed by atoms with Crippen LogP contribution in [0.25, 0.3) is 0 Å². The Hall–Kier alpha value is -2.53. The first-order valence-corrected chi connectivity index (χ1v) is 13.1. The van der Waals surface area contributed by atoms with E-state index in [4.69, 9.17) is 29.1 Å². The zero-order chi connectivity index (χ0) is 26.4. The normalized spacial score (nSPS) is 38.2. The number of ether oxygens (including phenoxy) is 3. The van der Waals surface area contributed by atoms with E-state index in [1.54, 1.807) is 12.1 Å². The van der Waals surface area contributed by atoms with E-state index in [2.05, 4.69) is 12.2 Å². The van der Waals surface area contributed by atoms with Crippen LogP contribution in [0.3, 0.4) is 0 Å². The number of aromatic carboxylic acids is 1. The highest BCUT2D eigenvalue weighted by atomic mass is 17.3. The van der Waals surface area contributed by atoms with E-state index in [0.29, 0.717) is 12.3 Å². The molecular formula is C27H35NO9. The molecule has 1 amide bonds.